The maximum absolute atomic E-state index is 12.1. The van der Waals surface area contributed by atoms with E-state index in [4.69, 9.17) is 4.74 Å². The molecule has 1 aliphatic rings. The van der Waals surface area contributed by atoms with Crippen LogP contribution in [-0.2, 0) is 4.79 Å². The zero-order chi connectivity index (χ0) is 19.1. The molecule has 2 amide bonds. The van der Waals surface area contributed by atoms with Gasteiger partial charge in [-0.2, -0.15) is 0 Å². The second-order valence-electron chi connectivity index (χ2n) is 6.43. The third-order valence-electron chi connectivity index (χ3n) is 4.46. The molecule has 1 aliphatic heterocycles. The third kappa shape index (κ3) is 5.23. The molecule has 6 heteroatoms. The summed E-state index contributed by atoms with van der Waals surface area (Å²) in [5, 5.41) is 5.43. The Morgan fingerprint density at radius 1 is 1.00 bits per heavy atom. The Hall–Kier alpha value is -3.02. The van der Waals surface area contributed by atoms with Crippen molar-refractivity contribution in [1.29, 1.82) is 0 Å². The molecule has 2 aromatic rings. The van der Waals surface area contributed by atoms with E-state index in [1.807, 2.05) is 31.2 Å². The van der Waals surface area contributed by atoms with Gasteiger partial charge in [-0.15, -0.1) is 0 Å². The smallest absolute Gasteiger partial charge is 0.251 e. The fourth-order valence-electron chi connectivity index (χ4n) is 3.07. The Labute approximate surface area is 159 Å². The van der Waals surface area contributed by atoms with E-state index < -0.39 is 0 Å². The molecule has 27 heavy (non-hydrogen) atoms. The van der Waals surface area contributed by atoms with Gasteiger partial charge in [0.25, 0.3) is 5.91 Å². The van der Waals surface area contributed by atoms with Gasteiger partial charge in [0.05, 0.1) is 13.2 Å². The molecule has 1 saturated heterocycles. The molecule has 142 valence electrons. The van der Waals surface area contributed by atoms with Crippen molar-refractivity contribution < 1.29 is 14.3 Å². The molecule has 2 N–H and O–H groups in total. The molecule has 0 atom stereocenters. The molecule has 3 rings (SSSR count). The largest absolute Gasteiger partial charge is 0.494 e. The summed E-state index contributed by atoms with van der Waals surface area (Å²) in [6, 6.07) is 14.6. The van der Waals surface area contributed by atoms with E-state index >= 15 is 0 Å². The fourth-order valence-corrected chi connectivity index (χ4v) is 3.07. The summed E-state index contributed by atoms with van der Waals surface area (Å²) in [6.45, 7) is 4.57. The van der Waals surface area contributed by atoms with Crippen LogP contribution in [0, 0.1) is 0 Å². The number of amides is 2. The van der Waals surface area contributed by atoms with Gasteiger partial charge in [0.2, 0.25) is 5.91 Å². The second kappa shape index (κ2) is 9.07. The molecule has 1 heterocycles. The van der Waals surface area contributed by atoms with E-state index in [-0.39, 0.29) is 18.4 Å². The van der Waals surface area contributed by atoms with Gasteiger partial charge >= 0.3 is 0 Å². The fraction of sp³-hybridized carbons (Fsp3) is 0.333. The molecular formula is C21H25N3O3. The van der Waals surface area contributed by atoms with Crippen LogP contribution in [0.4, 0.5) is 11.4 Å². The number of benzene rings is 2. The SMILES string of the molecule is CCOc1ccc(C(=O)NCC(=O)Nc2ccc(N3CCCC3)cc2)cc1. The molecule has 0 spiro atoms. The highest BCUT2D eigenvalue weighted by Crippen LogP contribution is 2.22. The summed E-state index contributed by atoms with van der Waals surface area (Å²) < 4.78 is 5.35. The predicted molar refractivity (Wildman–Crippen MR) is 106 cm³/mol. The van der Waals surface area contributed by atoms with Gasteiger partial charge in [-0.3, -0.25) is 9.59 Å². The van der Waals surface area contributed by atoms with Crippen molar-refractivity contribution in [2.45, 2.75) is 19.8 Å². The van der Waals surface area contributed by atoms with Crippen molar-refractivity contribution in [1.82, 2.24) is 5.32 Å². The van der Waals surface area contributed by atoms with E-state index in [1.165, 1.54) is 18.5 Å². The number of carbonyl (C=O) groups is 2. The minimum absolute atomic E-state index is 0.0834. The highest BCUT2D eigenvalue weighted by atomic mass is 16.5. The molecule has 0 radical (unpaired) electrons. The molecule has 0 saturated carbocycles. The van der Waals surface area contributed by atoms with Crippen LogP contribution in [0.25, 0.3) is 0 Å². The minimum Gasteiger partial charge on any atom is -0.494 e. The van der Waals surface area contributed by atoms with Gasteiger partial charge in [-0.1, -0.05) is 0 Å². The summed E-state index contributed by atoms with van der Waals surface area (Å²) >= 11 is 0. The Morgan fingerprint density at radius 2 is 1.67 bits per heavy atom. The lowest BCUT2D eigenvalue weighted by atomic mass is 10.2. The molecule has 6 nitrogen and oxygen atoms in total. The van der Waals surface area contributed by atoms with Crippen molar-refractivity contribution in [3.05, 3.63) is 54.1 Å². The van der Waals surface area contributed by atoms with Crippen LogP contribution >= 0.6 is 0 Å². The van der Waals surface area contributed by atoms with E-state index in [9.17, 15) is 9.59 Å². The zero-order valence-electron chi connectivity index (χ0n) is 15.5. The first-order chi connectivity index (χ1) is 13.2. The average molecular weight is 367 g/mol. The Kier molecular flexibility index (Phi) is 6.30. The first-order valence-corrected chi connectivity index (χ1v) is 9.31. The van der Waals surface area contributed by atoms with Crippen molar-refractivity contribution in [2.24, 2.45) is 0 Å². The van der Waals surface area contributed by atoms with Crippen molar-refractivity contribution >= 4 is 23.2 Å². The van der Waals surface area contributed by atoms with Crippen LogP contribution < -0.4 is 20.3 Å². The number of anilines is 2. The summed E-state index contributed by atoms with van der Waals surface area (Å²) in [4.78, 5) is 26.5. The molecule has 0 bridgehead atoms. The predicted octanol–water partition coefficient (Wildman–Crippen LogP) is 3.05. The maximum atomic E-state index is 12.1. The van der Waals surface area contributed by atoms with Crippen molar-refractivity contribution in [2.75, 3.05) is 36.5 Å². The molecular weight excluding hydrogens is 342 g/mol. The highest BCUT2D eigenvalue weighted by molar-refractivity contribution is 5.99. The summed E-state index contributed by atoms with van der Waals surface area (Å²) in [5.41, 5.74) is 2.38. The number of carbonyl (C=O) groups excluding carboxylic acids is 2. The van der Waals surface area contributed by atoms with Gasteiger partial charge in [0, 0.05) is 30.0 Å². The van der Waals surface area contributed by atoms with Crippen LogP contribution in [0.15, 0.2) is 48.5 Å². The van der Waals surface area contributed by atoms with Gasteiger partial charge in [-0.25, -0.2) is 0 Å². The highest BCUT2D eigenvalue weighted by Gasteiger charge is 2.12. The quantitative estimate of drug-likeness (QED) is 0.789. The minimum atomic E-state index is -0.294. The van der Waals surface area contributed by atoms with Crippen LogP contribution in [-0.4, -0.2) is 38.1 Å². The third-order valence-corrected chi connectivity index (χ3v) is 4.46. The van der Waals surface area contributed by atoms with E-state index in [2.05, 4.69) is 15.5 Å². The lowest BCUT2D eigenvalue weighted by molar-refractivity contribution is -0.115. The van der Waals surface area contributed by atoms with E-state index in [0.717, 1.165) is 18.8 Å². The van der Waals surface area contributed by atoms with Gasteiger partial charge in [-0.05, 0) is 68.3 Å². The zero-order valence-corrected chi connectivity index (χ0v) is 15.5. The average Bonchev–Trinajstić information content (AvgIpc) is 3.22. The Balaban J connectivity index is 1.46. The van der Waals surface area contributed by atoms with Gasteiger partial charge in [0.1, 0.15) is 5.75 Å². The van der Waals surface area contributed by atoms with E-state index in [0.29, 0.717) is 17.9 Å². The number of nitrogens with one attached hydrogen (secondary N) is 2. The van der Waals surface area contributed by atoms with Crippen LogP contribution in [0.3, 0.4) is 0 Å². The lowest BCUT2D eigenvalue weighted by Gasteiger charge is -2.17. The molecule has 0 unspecified atom stereocenters. The normalized spacial score (nSPS) is 13.3. The lowest BCUT2D eigenvalue weighted by Crippen LogP contribution is -2.32. The van der Waals surface area contributed by atoms with Crippen LogP contribution in [0.1, 0.15) is 30.1 Å². The van der Waals surface area contributed by atoms with Crippen molar-refractivity contribution in [3.8, 4) is 5.75 Å². The monoisotopic (exact) mass is 367 g/mol. The van der Waals surface area contributed by atoms with Gasteiger partial charge in [0.15, 0.2) is 0 Å². The Morgan fingerprint density at radius 3 is 2.30 bits per heavy atom. The van der Waals surface area contributed by atoms with Gasteiger partial charge < -0.3 is 20.3 Å². The number of rotatable bonds is 7. The summed E-state index contributed by atoms with van der Waals surface area (Å²) in [6.07, 6.45) is 2.46. The Bertz CT molecular complexity index is 766. The molecule has 1 fully saturated rings. The molecule has 2 aromatic carbocycles. The first-order valence-electron chi connectivity index (χ1n) is 9.31. The van der Waals surface area contributed by atoms with E-state index in [1.54, 1.807) is 24.3 Å². The summed E-state index contributed by atoms with van der Waals surface area (Å²) in [7, 11) is 0. The summed E-state index contributed by atoms with van der Waals surface area (Å²) in [5.74, 6) is 0.157. The standard InChI is InChI=1S/C21H25N3O3/c1-2-27-19-11-5-16(6-12-19)21(26)22-15-20(25)23-17-7-9-18(10-8-17)24-13-3-4-14-24/h5-12H,2-4,13-15H2,1H3,(H,22,26)(H,23,25). The molecule has 0 aromatic heterocycles. The second-order valence-corrected chi connectivity index (χ2v) is 6.43. The number of hydrogen-bond acceptors (Lipinski definition) is 4. The number of hydrogen-bond donors (Lipinski definition) is 2. The number of nitrogens with zero attached hydrogens (tertiary/aromatic N) is 1. The topological polar surface area (TPSA) is 70.7 Å². The maximum Gasteiger partial charge on any atom is 0.251 e. The van der Waals surface area contributed by atoms with Crippen molar-refractivity contribution in [3.63, 3.8) is 0 Å². The van der Waals surface area contributed by atoms with Crippen LogP contribution in [0.5, 0.6) is 5.75 Å². The number of ether oxygens (including phenoxy) is 1. The first kappa shape index (κ1) is 18.8. The molecule has 0 aliphatic carbocycles. The van der Waals surface area contributed by atoms with Crippen LogP contribution in [0.2, 0.25) is 0 Å².